The third kappa shape index (κ3) is 6.08. The van der Waals surface area contributed by atoms with Gasteiger partial charge >= 0.3 is 5.97 Å². The zero-order valence-electron chi connectivity index (χ0n) is 15.1. The van der Waals surface area contributed by atoms with Crippen LogP contribution in [0.1, 0.15) is 5.56 Å². The van der Waals surface area contributed by atoms with Crippen molar-refractivity contribution in [2.75, 3.05) is 6.79 Å². The molecule has 0 aliphatic carbocycles. The van der Waals surface area contributed by atoms with Gasteiger partial charge in [-0.3, -0.25) is 0 Å². The number of para-hydroxylation sites is 2. The molecule has 0 fully saturated rings. The molecule has 0 atom stereocenters. The SMILES string of the molecule is N#Cc1ccccc1Oc1cc(OCO/C=C/C(=O)Oc2ccccc2)ncn1. The second-order valence-corrected chi connectivity index (χ2v) is 5.37. The number of aromatic nitrogens is 2. The van der Waals surface area contributed by atoms with Crippen molar-refractivity contribution in [3.8, 4) is 29.3 Å². The monoisotopic (exact) mass is 389 g/mol. The number of esters is 1. The van der Waals surface area contributed by atoms with Crippen LogP contribution in [0.4, 0.5) is 0 Å². The second kappa shape index (κ2) is 10.1. The van der Waals surface area contributed by atoms with Crippen LogP contribution in [0.5, 0.6) is 23.3 Å². The van der Waals surface area contributed by atoms with Crippen molar-refractivity contribution in [3.63, 3.8) is 0 Å². The van der Waals surface area contributed by atoms with E-state index in [1.807, 2.05) is 12.1 Å². The summed E-state index contributed by atoms with van der Waals surface area (Å²) in [5.41, 5.74) is 0.379. The standard InChI is InChI=1S/C21H15N3O5/c22-13-16-6-4-5-9-18(16)29-20-12-19(23-14-24-20)27-15-26-11-10-21(25)28-17-7-2-1-3-8-17/h1-12,14H,15H2/b11-10+. The molecule has 8 heteroatoms. The van der Waals surface area contributed by atoms with Gasteiger partial charge in [-0.15, -0.1) is 0 Å². The molecule has 3 rings (SSSR count). The Balaban J connectivity index is 1.47. The Morgan fingerprint density at radius 3 is 2.62 bits per heavy atom. The van der Waals surface area contributed by atoms with Crippen molar-refractivity contribution in [2.45, 2.75) is 0 Å². The molecule has 0 saturated heterocycles. The van der Waals surface area contributed by atoms with Crippen molar-refractivity contribution in [1.29, 1.82) is 5.26 Å². The molecule has 29 heavy (non-hydrogen) atoms. The van der Waals surface area contributed by atoms with Crippen molar-refractivity contribution in [2.24, 2.45) is 0 Å². The van der Waals surface area contributed by atoms with Gasteiger partial charge in [0.05, 0.1) is 24.0 Å². The summed E-state index contributed by atoms with van der Waals surface area (Å²) < 4.78 is 21.1. The van der Waals surface area contributed by atoms with Crippen LogP contribution in [-0.2, 0) is 9.53 Å². The van der Waals surface area contributed by atoms with Gasteiger partial charge in [0.15, 0.2) is 0 Å². The molecule has 144 valence electrons. The lowest BCUT2D eigenvalue weighted by molar-refractivity contribution is -0.129. The van der Waals surface area contributed by atoms with Gasteiger partial charge < -0.3 is 18.9 Å². The molecule has 1 aromatic heterocycles. The lowest BCUT2D eigenvalue weighted by Crippen LogP contribution is -2.05. The lowest BCUT2D eigenvalue weighted by Gasteiger charge is -2.08. The smallest absolute Gasteiger partial charge is 0.339 e. The lowest BCUT2D eigenvalue weighted by atomic mass is 10.2. The van der Waals surface area contributed by atoms with E-state index in [4.69, 9.17) is 24.2 Å². The van der Waals surface area contributed by atoms with Gasteiger partial charge in [0, 0.05) is 0 Å². The van der Waals surface area contributed by atoms with E-state index in [1.165, 1.54) is 12.4 Å². The van der Waals surface area contributed by atoms with Crippen molar-refractivity contribution in [3.05, 3.63) is 84.9 Å². The van der Waals surface area contributed by atoms with Gasteiger partial charge in [-0.05, 0) is 24.3 Å². The summed E-state index contributed by atoms with van der Waals surface area (Å²) in [6.07, 6.45) is 3.55. The Labute approximate surface area is 166 Å². The molecule has 8 nitrogen and oxygen atoms in total. The number of nitrogens with zero attached hydrogens (tertiary/aromatic N) is 3. The minimum absolute atomic E-state index is 0.194. The van der Waals surface area contributed by atoms with Crippen LogP contribution in [0, 0.1) is 11.3 Å². The predicted molar refractivity (Wildman–Crippen MR) is 101 cm³/mol. The van der Waals surface area contributed by atoms with E-state index < -0.39 is 5.97 Å². The maximum absolute atomic E-state index is 11.6. The fourth-order valence-electron chi connectivity index (χ4n) is 2.09. The van der Waals surface area contributed by atoms with Crippen LogP contribution in [0.25, 0.3) is 0 Å². The number of hydrogen-bond acceptors (Lipinski definition) is 8. The normalized spacial score (nSPS) is 10.2. The molecule has 0 aliphatic heterocycles. The number of ether oxygens (including phenoxy) is 4. The first-order valence-corrected chi connectivity index (χ1v) is 8.41. The maximum atomic E-state index is 11.6. The van der Waals surface area contributed by atoms with Crippen LogP contribution in [-0.4, -0.2) is 22.7 Å². The van der Waals surface area contributed by atoms with E-state index in [0.717, 1.165) is 12.3 Å². The molecule has 0 N–H and O–H groups in total. The Kier molecular flexibility index (Phi) is 6.74. The van der Waals surface area contributed by atoms with Gasteiger partial charge in [-0.25, -0.2) is 14.8 Å². The zero-order chi connectivity index (χ0) is 20.3. The number of nitriles is 1. The predicted octanol–water partition coefficient (Wildman–Crippen LogP) is 3.61. The first kappa shape index (κ1) is 19.4. The fraction of sp³-hybridized carbons (Fsp3) is 0.0476. The molecule has 0 unspecified atom stereocenters. The number of hydrogen-bond donors (Lipinski definition) is 0. The Hall–Kier alpha value is -4.38. The summed E-state index contributed by atoms with van der Waals surface area (Å²) in [5.74, 6) is 0.634. The molecule has 3 aromatic rings. The molecular formula is C21H15N3O5. The summed E-state index contributed by atoms with van der Waals surface area (Å²) in [5, 5.41) is 9.10. The summed E-state index contributed by atoms with van der Waals surface area (Å²) in [6, 6.07) is 18.9. The topological polar surface area (TPSA) is 104 Å². The van der Waals surface area contributed by atoms with Gasteiger partial charge in [-0.1, -0.05) is 30.3 Å². The van der Waals surface area contributed by atoms with Crippen LogP contribution < -0.4 is 14.2 Å². The number of carbonyl (C=O) groups is 1. The molecule has 2 aromatic carbocycles. The Bertz CT molecular complexity index is 1030. The highest BCUT2D eigenvalue weighted by Crippen LogP contribution is 2.24. The third-order valence-corrected chi connectivity index (χ3v) is 3.38. The number of benzene rings is 2. The minimum Gasteiger partial charge on any atom is -0.465 e. The van der Waals surface area contributed by atoms with Gasteiger partial charge in [0.1, 0.15) is 23.9 Å². The zero-order valence-corrected chi connectivity index (χ0v) is 15.1. The van der Waals surface area contributed by atoms with Crippen LogP contribution in [0.3, 0.4) is 0 Å². The molecule has 0 bridgehead atoms. The third-order valence-electron chi connectivity index (χ3n) is 3.38. The largest absolute Gasteiger partial charge is 0.465 e. The van der Waals surface area contributed by atoms with Gasteiger partial charge in [0.25, 0.3) is 0 Å². The average Bonchev–Trinajstić information content (AvgIpc) is 2.75. The van der Waals surface area contributed by atoms with Crippen molar-refractivity contribution in [1.82, 2.24) is 9.97 Å². The molecule has 0 amide bonds. The van der Waals surface area contributed by atoms with E-state index >= 15 is 0 Å². The first-order chi connectivity index (χ1) is 14.2. The molecule has 1 heterocycles. The van der Waals surface area contributed by atoms with E-state index in [2.05, 4.69) is 9.97 Å². The summed E-state index contributed by atoms with van der Waals surface area (Å²) >= 11 is 0. The highest BCUT2D eigenvalue weighted by atomic mass is 16.7. The highest BCUT2D eigenvalue weighted by molar-refractivity contribution is 5.83. The summed E-state index contributed by atoms with van der Waals surface area (Å²) in [6.45, 7) is -0.194. The number of carbonyl (C=O) groups excluding carboxylic acids is 1. The molecule has 0 spiro atoms. The van der Waals surface area contributed by atoms with Gasteiger partial charge in [-0.2, -0.15) is 5.26 Å². The van der Waals surface area contributed by atoms with Crippen LogP contribution >= 0.6 is 0 Å². The van der Waals surface area contributed by atoms with Crippen molar-refractivity contribution < 1.29 is 23.7 Å². The van der Waals surface area contributed by atoms with E-state index in [-0.39, 0.29) is 18.6 Å². The fourth-order valence-corrected chi connectivity index (χ4v) is 2.09. The van der Waals surface area contributed by atoms with Crippen LogP contribution in [0.15, 0.2) is 79.3 Å². The van der Waals surface area contributed by atoms with E-state index in [0.29, 0.717) is 17.1 Å². The highest BCUT2D eigenvalue weighted by Gasteiger charge is 2.06. The molecule has 0 aliphatic rings. The summed E-state index contributed by atoms with van der Waals surface area (Å²) in [7, 11) is 0. The summed E-state index contributed by atoms with van der Waals surface area (Å²) in [4.78, 5) is 19.5. The van der Waals surface area contributed by atoms with Gasteiger partial charge in [0.2, 0.25) is 18.6 Å². The Morgan fingerprint density at radius 2 is 1.79 bits per heavy atom. The average molecular weight is 389 g/mol. The number of rotatable bonds is 8. The van der Waals surface area contributed by atoms with E-state index in [9.17, 15) is 4.79 Å². The molecule has 0 radical (unpaired) electrons. The maximum Gasteiger partial charge on any atom is 0.339 e. The van der Waals surface area contributed by atoms with Crippen molar-refractivity contribution >= 4 is 5.97 Å². The Morgan fingerprint density at radius 1 is 1.03 bits per heavy atom. The first-order valence-electron chi connectivity index (χ1n) is 8.41. The molecular weight excluding hydrogens is 374 g/mol. The quantitative estimate of drug-likeness (QED) is 0.144. The van der Waals surface area contributed by atoms with Crippen LogP contribution in [0.2, 0.25) is 0 Å². The van der Waals surface area contributed by atoms with E-state index in [1.54, 1.807) is 48.5 Å². The second-order valence-electron chi connectivity index (χ2n) is 5.37. The minimum atomic E-state index is -0.579. The molecule has 0 saturated carbocycles.